The largest absolute Gasteiger partial charge is 0.478 e. The molecule has 1 N–H and O–H groups in total. The summed E-state index contributed by atoms with van der Waals surface area (Å²) in [6.45, 7) is 0.665. The molecule has 0 bridgehead atoms. The summed E-state index contributed by atoms with van der Waals surface area (Å²) in [7, 11) is 0. The quantitative estimate of drug-likeness (QED) is 0.922. The Labute approximate surface area is 143 Å². The van der Waals surface area contributed by atoms with E-state index in [2.05, 4.69) is 6.07 Å². The third-order valence-electron chi connectivity index (χ3n) is 3.81. The van der Waals surface area contributed by atoms with Crippen molar-refractivity contribution in [1.29, 1.82) is 5.26 Å². The second kappa shape index (κ2) is 6.77. The number of nitrogens with zero attached hydrogens (tertiary/aromatic N) is 2. The number of anilines is 1. The number of amides is 1. The number of hydrogen-bond acceptors (Lipinski definition) is 4. The summed E-state index contributed by atoms with van der Waals surface area (Å²) in [6.07, 6.45) is 1.35. The average Bonchev–Trinajstić information content (AvgIpc) is 3.01. The Hall–Kier alpha value is -2.78. The van der Waals surface area contributed by atoms with Crippen molar-refractivity contribution in [2.75, 3.05) is 11.4 Å². The molecular formula is C18H14N2O3S. The molecule has 1 saturated heterocycles. The summed E-state index contributed by atoms with van der Waals surface area (Å²) < 4.78 is 0. The minimum atomic E-state index is -1.00. The summed E-state index contributed by atoms with van der Waals surface area (Å²) in [5, 5.41) is 18.7. The Morgan fingerprint density at radius 2 is 2.00 bits per heavy atom. The molecule has 0 saturated carbocycles. The minimum Gasteiger partial charge on any atom is -0.478 e. The van der Waals surface area contributed by atoms with E-state index in [1.54, 1.807) is 41.3 Å². The molecule has 1 aliphatic heterocycles. The van der Waals surface area contributed by atoms with Crippen LogP contribution in [0.4, 0.5) is 5.69 Å². The molecule has 6 heteroatoms. The Bertz CT molecular complexity index is 858. The van der Waals surface area contributed by atoms with Crippen molar-refractivity contribution < 1.29 is 14.7 Å². The van der Waals surface area contributed by atoms with Crippen LogP contribution in [0.25, 0.3) is 0 Å². The average molecular weight is 338 g/mol. The zero-order valence-electron chi connectivity index (χ0n) is 12.7. The van der Waals surface area contributed by atoms with Crippen LogP contribution in [0.5, 0.6) is 0 Å². The fourth-order valence-corrected chi connectivity index (χ4v) is 3.63. The molecule has 1 fully saturated rings. The first-order valence-electron chi connectivity index (χ1n) is 7.45. The number of carbonyl (C=O) groups excluding carboxylic acids is 1. The van der Waals surface area contributed by atoms with E-state index in [1.165, 1.54) is 17.8 Å². The third-order valence-corrected chi connectivity index (χ3v) is 4.96. The van der Waals surface area contributed by atoms with E-state index in [-0.39, 0.29) is 11.5 Å². The highest BCUT2D eigenvalue weighted by Crippen LogP contribution is 2.35. The summed E-state index contributed by atoms with van der Waals surface area (Å²) in [4.78, 5) is 26.1. The standard InChI is InChI=1S/C18H14N2O3S/c19-11-12-10-13(20-9-3-6-17(20)21)7-8-15(12)24-16-5-2-1-4-14(16)18(22)23/h1-2,4-5,7-8,10H,3,6,9H2,(H,22,23). The number of hydrogen-bond donors (Lipinski definition) is 1. The molecule has 5 nitrogen and oxygen atoms in total. The van der Waals surface area contributed by atoms with Crippen LogP contribution in [-0.2, 0) is 4.79 Å². The van der Waals surface area contributed by atoms with Gasteiger partial charge in [0.05, 0.1) is 11.1 Å². The molecule has 0 unspecified atom stereocenters. The SMILES string of the molecule is N#Cc1cc(N2CCCC2=O)ccc1Sc1ccccc1C(=O)O. The lowest BCUT2D eigenvalue weighted by atomic mass is 10.2. The minimum absolute atomic E-state index is 0.0653. The Morgan fingerprint density at radius 3 is 2.67 bits per heavy atom. The van der Waals surface area contributed by atoms with Crippen LogP contribution in [0.1, 0.15) is 28.8 Å². The molecule has 2 aromatic carbocycles. The second-order valence-corrected chi connectivity index (χ2v) is 6.43. The topological polar surface area (TPSA) is 81.4 Å². The first-order valence-corrected chi connectivity index (χ1v) is 8.26. The van der Waals surface area contributed by atoms with Crippen molar-refractivity contribution in [3.8, 4) is 6.07 Å². The molecule has 0 aromatic heterocycles. The second-order valence-electron chi connectivity index (χ2n) is 5.34. The Morgan fingerprint density at radius 1 is 1.21 bits per heavy atom. The molecule has 3 rings (SSSR count). The molecular weight excluding hydrogens is 324 g/mol. The molecule has 0 atom stereocenters. The van der Waals surface area contributed by atoms with Crippen LogP contribution in [0.15, 0.2) is 52.3 Å². The lowest BCUT2D eigenvalue weighted by molar-refractivity contribution is -0.117. The molecule has 1 aliphatic rings. The molecule has 0 spiro atoms. The first-order chi connectivity index (χ1) is 11.6. The molecule has 1 amide bonds. The summed E-state index contributed by atoms with van der Waals surface area (Å²) in [6, 6.07) is 14.1. The highest BCUT2D eigenvalue weighted by molar-refractivity contribution is 7.99. The van der Waals surface area contributed by atoms with Crippen molar-refractivity contribution >= 4 is 29.3 Å². The van der Waals surface area contributed by atoms with E-state index in [0.717, 1.165) is 6.42 Å². The number of nitriles is 1. The van der Waals surface area contributed by atoms with E-state index < -0.39 is 5.97 Å². The highest BCUT2D eigenvalue weighted by Gasteiger charge is 2.22. The van der Waals surface area contributed by atoms with Crippen LogP contribution in [0.2, 0.25) is 0 Å². The van der Waals surface area contributed by atoms with Crippen LogP contribution in [0.3, 0.4) is 0 Å². The predicted octanol–water partition coefficient (Wildman–Crippen LogP) is 3.53. The maximum absolute atomic E-state index is 11.8. The molecule has 0 aliphatic carbocycles. The van der Waals surface area contributed by atoms with Gasteiger partial charge in [0.25, 0.3) is 0 Å². The van der Waals surface area contributed by atoms with Gasteiger partial charge in [-0.1, -0.05) is 23.9 Å². The molecule has 0 radical (unpaired) electrons. The van der Waals surface area contributed by atoms with Crippen LogP contribution >= 0.6 is 11.8 Å². The fraction of sp³-hybridized carbons (Fsp3) is 0.167. The van der Waals surface area contributed by atoms with Gasteiger partial charge in [-0.2, -0.15) is 5.26 Å². The van der Waals surface area contributed by atoms with Gasteiger partial charge in [0.2, 0.25) is 5.91 Å². The monoisotopic (exact) mass is 338 g/mol. The number of carboxylic acids is 1. The smallest absolute Gasteiger partial charge is 0.336 e. The van der Waals surface area contributed by atoms with Crippen LogP contribution in [0, 0.1) is 11.3 Å². The highest BCUT2D eigenvalue weighted by atomic mass is 32.2. The van der Waals surface area contributed by atoms with E-state index in [4.69, 9.17) is 0 Å². The van der Waals surface area contributed by atoms with E-state index in [9.17, 15) is 20.0 Å². The van der Waals surface area contributed by atoms with Crippen molar-refractivity contribution in [1.82, 2.24) is 0 Å². The van der Waals surface area contributed by atoms with Crippen molar-refractivity contribution in [3.63, 3.8) is 0 Å². The number of rotatable bonds is 4. The van der Waals surface area contributed by atoms with Gasteiger partial charge >= 0.3 is 5.97 Å². The van der Waals surface area contributed by atoms with Gasteiger partial charge in [-0.3, -0.25) is 4.79 Å². The van der Waals surface area contributed by atoms with Gasteiger partial charge in [0.15, 0.2) is 0 Å². The number of carboxylic acid groups (broad SMARTS) is 1. The summed E-state index contributed by atoms with van der Waals surface area (Å²) in [5.41, 5.74) is 1.34. The predicted molar refractivity (Wildman–Crippen MR) is 90.3 cm³/mol. The van der Waals surface area contributed by atoms with Crippen molar-refractivity contribution in [2.24, 2.45) is 0 Å². The van der Waals surface area contributed by atoms with Crippen LogP contribution < -0.4 is 4.90 Å². The number of aromatic carboxylic acids is 1. The molecule has 120 valence electrons. The molecule has 1 heterocycles. The lowest BCUT2D eigenvalue weighted by Gasteiger charge is -2.17. The zero-order valence-corrected chi connectivity index (χ0v) is 13.5. The van der Waals surface area contributed by atoms with Gasteiger partial charge in [-0.15, -0.1) is 0 Å². The molecule has 24 heavy (non-hydrogen) atoms. The normalized spacial score (nSPS) is 13.8. The number of benzene rings is 2. The Kier molecular flexibility index (Phi) is 4.54. The van der Waals surface area contributed by atoms with E-state index in [0.29, 0.717) is 34.0 Å². The van der Waals surface area contributed by atoms with Gasteiger partial charge in [0, 0.05) is 28.4 Å². The maximum atomic E-state index is 11.8. The first kappa shape index (κ1) is 16.1. The van der Waals surface area contributed by atoms with Gasteiger partial charge < -0.3 is 10.0 Å². The van der Waals surface area contributed by atoms with Gasteiger partial charge in [-0.05, 0) is 36.8 Å². The third kappa shape index (κ3) is 3.12. The molecule has 2 aromatic rings. The summed E-state index contributed by atoms with van der Waals surface area (Å²) >= 11 is 1.24. The van der Waals surface area contributed by atoms with Gasteiger partial charge in [0.1, 0.15) is 6.07 Å². The number of carbonyl (C=O) groups is 2. The lowest BCUT2D eigenvalue weighted by Crippen LogP contribution is -2.23. The van der Waals surface area contributed by atoms with E-state index >= 15 is 0 Å². The van der Waals surface area contributed by atoms with Gasteiger partial charge in [-0.25, -0.2) is 4.79 Å². The van der Waals surface area contributed by atoms with E-state index in [1.807, 2.05) is 0 Å². The van der Waals surface area contributed by atoms with Crippen LogP contribution in [-0.4, -0.2) is 23.5 Å². The maximum Gasteiger partial charge on any atom is 0.336 e. The van der Waals surface area contributed by atoms with Crippen molar-refractivity contribution in [3.05, 3.63) is 53.6 Å². The Balaban J connectivity index is 1.94. The van der Waals surface area contributed by atoms with Crippen molar-refractivity contribution in [2.45, 2.75) is 22.6 Å². The summed E-state index contributed by atoms with van der Waals surface area (Å²) in [5.74, 6) is -0.939. The fourth-order valence-electron chi connectivity index (χ4n) is 2.63. The zero-order chi connectivity index (χ0) is 17.1.